The number of nitrogens with zero attached hydrogens (tertiary/aromatic N) is 2. The van der Waals surface area contributed by atoms with Crippen molar-refractivity contribution in [2.24, 2.45) is 0 Å². The fourth-order valence-corrected chi connectivity index (χ4v) is 2.79. The molecule has 2 aromatic carbocycles. The van der Waals surface area contributed by atoms with Crippen LogP contribution in [-0.2, 0) is 6.42 Å². The third kappa shape index (κ3) is 5.19. The van der Waals surface area contributed by atoms with Gasteiger partial charge in [0.1, 0.15) is 0 Å². The molecule has 0 aliphatic rings. The predicted molar refractivity (Wildman–Crippen MR) is 100 cm³/mol. The lowest BCUT2D eigenvalue weighted by molar-refractivity contribution is 0.102. The van der Waals surface area contributed by atoms with E-state index in [2.05, 4.69) is 10.2 Å². The molecule has 0 bridgehead atoms. The second kappa shape index (κ2) is 9.01. The summed E-state index contributed by atoms with van der Waals surface area (Å²) in [6, 6.07) is 16.7. The smallest absolute Gasteiger partial charge is 0.277 e. The predicted octanol–water partition coefficient (Wildman–Crippen LogP) is 4.87. The van der Waals surface area contributed by atoms with Crippen LogP contribution in [0.1, 0.15) is 21.8 Å². The molecule has 3 rings (SSSR count). The monoisotopic (exact) mass is 424 g/mol. The standard InChI is InChI=1S/C17H13ClN2O2S.BrH/c18-14-8-6-13(7-9-14)15(21)11-23-17-20-19-16(22-17)10-12-4-2-1-3-5-12;/h1-9H,10-11H2;1H. The van der Waals surface area contributed by atoms with E-state index in [1.54, 1.807) is 24.3 Å². The summed E-state index contributed by atoms with van der Waals surface area (Å²) in [6.45, 7) is 0. The van der Waals surface area contributed by atoms with Crippen molar-refractivity contribution in [1.29, 1.82) is 0 Å². The Labute approximate surface area is 159 Å². The van der Waals surface area contributed by atoms with Crippen LogP contribution in [0.5, 0.6) is 0 Å². The number of carbonyl (C=O) groups is 1. The quantitative estimate of drug-likeness (QED) is 0.417. The third-order valence-electron chi connectivity index (χ3n) is 3.14. The lowest BCUT2D eigenvalue weighted by Crippen LogP contribution is -2.01. The average Bonchev–Trinajstić information content (AvgIpc) is 3.02. The van der Waals surface area contributed by atoms with E-state index in [4.69, 9.17) is 16.0 Å². The minimum Gasteiger partial charge on any atom is -0.416 e. The van der Waals surface area contributed by atoms with Crippen molar-refractivity contribution < 1.29 is 9.21 Å². The molecule has 0 aliphatic carbocycles. The minimum absolute atomic E-state index is 0. The molecule has 0 amide bonds. The number of rotatable bonds is 6. The van der Waals surface area contributed by atoms with Crippen molar-refractivity contribution in [1.82, 2.24) is 10.2 Å². The summed E-state index contributed by atoms with van der Waals surface area (Å²) in [5, 5.41) is 8.98. The molecule has 0 radical (unpaired) electrons. The topological polar surface area (TPSA) is 56.0 Å². The number of ketones is 1. The molecule has 1 aromatic heterocycles. The van der Waals surface area contributed by atoms with Crippen LogP contribution in [-0.4, -0.2) is 21.7 Å². The van der Waals surface area contributed by atoms with E-state index in [0.717, 1.165) is 5.56 Å². The number of carbonyl (C=O) groups excluding carboxylic acids is 1. The number of hydrogen-bond acceptors (Lipinski definition) is 5. The zero-order valence-electron chi connectivity index (χ0n) is 12.5. The molecule has 0 fully saturated rings. The van der Waals surface area contributed by atoms with Gasteiger partial charge in [-0.1, -0.05) is 53.7 Å². The highest BCUT2D eigenvalue weighted by molar-refractivity contribution is 8.93. The SMILES string of the molecule is Br.O=C(CSc1nnc(Cc2ccccc2)o1)c1ccc(Cl)cc1. The summed E-state index contributed by atoms with van der Waals surface area (Å²) in [4.78, 5) is 12.1. The molecule has 0 atom stereocenters. The molecular formula is C17H14BrClN2O2S. The second-order valence-electron chi connectivity index (χ2n) is 4.84. The second-order valence-corrected chi connectivity index (χ2v) is 6.21. The Morgan fingerprint density at radius 3 is 2.46 bits per heavy atom. The fourth-order valence-electron chi connectivity index (χ4n) is 1.98. The van der Waals surface area contributed by atoms with Crippen molar-refractivity contribution in [2.75, 3.05) is 5.75 Å². The first kappa shape index (κ1) is 18.7. The van der Waals surface area contributed by atoms with Gasteiger partial charge in [0, 0.05) is 10.6 Å². The Morgan fingerprint density at radius 2 is 1.75 bits per heavy atom. The molecular weight excluding hydrogens is 412 g/mol. The van der Waals surface area contributed by atoms with Gasteiger partial charge in [0.2, 0.25) is 5.89 Å². The molecule has 0 aliphatic heterocycles. The van der Waals surface area contributed by atoms with Crippen LogP contribution in [0, 0.1) is 0 Å². The lowest BCUT2D eigenvalue weighted by Gasteiger charge is -1.99. The van der Waals surface area contributed by atoms with Gasteiger partial charge in [-0.3, -0.25) is 4.79 Å². The Hall–Kier alpha value is -1.63. The van der Waals surface area contributed by atoms with Crippen molar-refractivity contribution in [3.63, 3.8) is 0 Å². The van der Waals surface area contributed by atoms with E-state index in [0.29, 0.717) is 28.1 Å². The van der Waals surface area contributed by atoms with Gasteiger partial charge >= 0.3 is 0 Å². The highest BCUT2D eigenvalue weighted by Gasteiger charge is 2.11. The van der Waals surface area contributed by atoms with Crippen molar-refractivity contribution in [3.8, 4) is 0 Å². The van der Waals surface area contributed by atoms with Crippen LogP contribution in [0.15, 0.2) is 64.2 Å². The average molecular weight is 426 g/mol. The van der Waals surface area contributed by atoms with Gasteiger partial charge in [-0.05, 0) is 29.8 Å². The Kier molecular flexibility index (Phi) is 7.02. The van der Waals surface area contributed by atoms with Crippen molar-refractivity contribution >= 4 is 46.1 Å². The molecule has 0 saturated heterocycles. The molecule has 0 spiro atoms. The largest absolute Gasteiger partial charge is 0.416 e. The number of halogens is 2. The highest BCUT2D eigenvalue weighted by Crippen LogP contribution is 2.19. The summed E-state index contributed by atoms with van der Waals surface area (Å²) >= 11 is 7.04. The maximum absolute atomic E-state index is 12.1. The molecule has 3 aromatic rings. The summed E-state index contributed by atoms with van der Waals surface area (Å²) in [6.07, 6.45) is 0.583. The number of Topliss-reactive ketones (excluding diaryl/α,β-unsaturated/α-hetero) is 1. The first-order valence-electron chi connectivity index (χ1n) is 6.98. The van der Waals surface area contributed by atoms with Crippen LogP contribution in [0.2, 0.25) is 5.02 Å². The van der Waals surface area contributed by atoms with Gasteiger partial charge < -0.3 is 4.42 Å². The zero-order valence-corrected chi connectivity index (χ0v) is 15.8. The molecule has 7 heteroatoms. The van der Waals surface area contributed by atoms with Gasteiger partial charge in [0.15, 0.2) is 5.78 Å². The molecule has 0 saturated carbocycles. The van der Waals surface area contributed by atoms with Crippen LogP contribution >= 0.6 is 40.3 Å². The van der Waals surface area contributed by atoms with Crippen LogP contribution in [0.25, 0.3) is 0 Å². The van der Waals surface area contributed by atoms with E-state index in [1.165, 1.54) is 11.8 Å². The Morgan fingerprint density at radius 1 is 1.04 bits per heavy atom. The summed E-state index contributed by atoms with van der Waals surface area (Å²) in [7, 11) is 0. The molecule has 1 heterocycles. The lowest BCUT2D eigenvalue weighted by atomic mass is 10.1. The van der Waals surface area contributed by atoms with Gasteiger partial charge in [-0.15, -0.1) is 27.2 Å². The van der Waals surface area contributed by atoms with Crippen LogP contribution in [0.4, 0.5) is 0 Å². The van der Waals surface area contributed by atoms with Crippen molar-refractivity contribution in [2.45, 2.75) is 11.6 Å². The molecule has 24 heavy (non-hydrogen) atoms. The summed E-state index contributed by atoms with van der Waals surface area (Å²) < 4.78 is 5.56. The first-order chi connectivity index (χ1) is 11.2. The van der Waals surface area contributed by atoms with Crippen LogP contribution in [0.3, 0.4) is 0 Å². The highest BCUT2D eigenvalue weighted by atomic mass is 79.9. The summed E-state index contributed by atoms with van der Waals surface area (Å²) in [5.41, 5.74) is 1.72. The third-order valence-corrected chi connectivity index (χ3v) is 4.21. The van der Waals surface area contributed by atoms with E-state index >= 15 is 0 Å². The van der Waals surface area contributed by atoms with Gasteiger partial charge in [-0.2, -0.15) is 0 Å². The Balaban J connectivity index is 0.00000208. The fraction of sp³-hybridized carbons (Fsp3) is 0.118. The Bertz CT molecular complexity index is 794. The first-order valence-corrected chi connectivity index (χ1v) is 8.35. The number of aromatic nitrogens is 2. The van der Waals surface area contributed by atoms with E-state index in [9.17, 15) is 4.79 Å². The van der Waals surface area contributed by atoms with Gasteiger partial charge in [-0.25, -0.2) is 0 Å². The van der Waals surface area contributed by atoms with Gasteiger partial charge in [0.25, 0.3) is 5.22 Å². The minimum atomic E-state index is -0.00511. The van der Waals surface area contributed by atoms with E-state index in [1.807, 2.05) is 30.3 Å². The van der Waals surface area contributed by atoms with E-state index in [-0.39, 0.29) is 28.5 Å². The van der Waals surface area contributed by atoms with Crippen molar-refractivity contribution in [3.05, 3.63) is 76.6 Å². The maximum atomic E-state index is 12.1. The van der Waals surface area contributed by atoms with E-state index < -0.39 is 0 Å². The molecule has 0 unspecified atom stereocenters. The number of benzene rings is 2. The number of hydrogen-bond donors (Lipinski definition) is 0. The van der Waals surface area contributed by atoms with Crippen LogP contribution < -0.4 is 0 Å². The molecule has 0 N–H and O–H groups in total. The summed E-state index contributed by atoms with van der Waals surface area (Å²) in [5.74, 6) is 0.779. The molecule has 4 nitrogen and oxygen atoms in total. The maximum Gasteiger partial charge on any atom is 0.277 e. The molecule has 124 valence electrons. The normalized spacial score (nSPS) is 10.2. The zero-order chi connectivity index (χ0) is 16.1. The van der Waals surface area contributed by atoms with Gasteiger partial charge in [0.05, 0.1) is 12.2 Å². The number of thioether (sulfide) groups is 1.